The number of Topliss-reactive ketones (excluding diaryl/α,β-unsaturated/α-hetero) is 1. The van der Waals surface area contributed by atoms with Gasteiger partial charge in [0.15, 0.2) is 17.4 Å². The summed E-state index contributed by atoms with van der Waals surface area (Å²) in [6, 6.07) is 5.94. The fourth-order valence-electron chi connectivity index (χ4n) is 2.81. The number of carbonyl (C=O) groups is 2. The van der Waals surface area contributed by atoms with Crippen molar-refractivity contribution in [3.8, 4) is 0 Å². The fraction of sp³-hybridized carbons (Fsp3) is 0.286. The molecule has 1 amide bonds. The number of halogens is 3. The molecule has 2 rings (SSSR count). The number of carbonyl (C=O) groups excluding carboxylic acids is 2. The number of benzene rings is 2. The number of rotatable bonds is 7. The molecule has 8 heteroatoms. The Morgan fingerprint density at radius 2 is 1.93 bits per heavy atom. The van der Waals surface area contributed by atoms with Crippen LogP contribution in [0.15, 0.2) is 30.3 Å². The fourth-order valence-corrected chi connectivity index (χ4v) is 3.03. The number of nitrogens with zero attached hydrogens (tertiary/aromatic N) is 1. The predicted molar refractivity (Wildman–Crippen MR) is 105 cm³/mol. The molecular formula is C21H19ClF2N2O3. The summed E-state index contributed by atoms with van der Waals surface area (Å²) >= 11 is 6.16. The highest BCUT2D eigenvalue weighted by atomic mass is 35.5. The van der Waals surface area contributed by atoms with E-state index in [1.54, 1.807) is 19.1 Å². The molecule has 2 N–H and O–H groups in total. The van der Waals surface area contributed by atoms with Gasteiger partial charge in [-0.3, -0.25) is 9.59 Å². The first-order valence-electron chi connectivity index (χ1n) is 8.75. The van der Waals surface area contributed by atoms with Gasteiger partial charge < -0.3 is 10.4 Å². The van der Waals surface area contributed by atoms with Crippen molar-refractivity contribution in [3.05, 3.63) is 75.1 Å². The monoisotopic (exact) mass is 420 g/mol. The third kappa shape index (κ3) is 5.37. The van der Waals surface area contributed by atoms with E-state index in [0.29, 0.717) is 16.8 Å². The van der Waals surface area contributed by atoms with E-state index in [9.17, 15) is 23.5 Å². The highest BCUT2D eigenvalue weighted by Crippen LogP contribution is 2.32. The lowest BCUT2D eigenvalue weighted by atomic mass is 9.91. The SMILES string of the molecule is [C-]#[N+]c1ccc(C[C@@H](C(=O)NCC(=O)c2ccc(F)c(F)c2)[C@@H](C)O)c(C)c1Cl. The van der Waals surface area contributed by atoms with Gasteiger partial charge >= 0.3 is 0 Å². The number of hydrogen-bond donors (Lipinski definition) is 2. The Balaban J connectivity index is 2.10. The number of nitrogens with one attached hydrogen (secondary N) is 1. The van der Waals surface area contributed by atoms with Crippen LogP contribution in [-0.2, 0) is 11.2 Å². The maximum absolute atomic E-state index is 13.3. The summed E-state index contributed by atoms with van der Waals surface area (Å²) in [5.41, 5.74) is 1.55. The second-order valence-electron chi connectivity index (χ2n) is 6.62. The molecule has 0 spiro atoms. The van der Waals surface area contributed by atoms with E-state index in [-0.39, 0.29) is 17.0 Å². The van der Waals surface area contributed by atoms with E-state index in [0.717, 1.165) is 18.2 Å². The number of amides is 1. The smallest absolute Gasteiger partial charge is 0.226 e. The van der Waals surface area contributed by atoms with Gasteiger partial charge in [-0.2, -0.15) is 0 Å². The molecule has 0 saturated heterocycles. The van der Waals surface area contributed by atoms with Crippen LogP contribution in [0.3, 0.4) is 0 Å². The van der Waals surface area contributed by atoms with Crippen LogP contribution < -0.4 is 5.32 Å². The maximum atomic E-state index is 13.3. The van der Waals surface area contributed by atoms with Crippen molar-refractivity contribution >= 4 is 29.0 Å². The minimum absolute atomic E-state index is 0.0739. The van der Waals surface area contributed by atoms with E-state index >= 15 is 0 Å². The molecule has 0 aromatic heterocycles. The second-order valence-corrected chi connectivity index (χ2v) is 6.99. The lowest BCUT2D eigenvalue weighted by molar-refractivity contribution is -0.127. The Hall–Kier alpha value is -2.82. The minimum atomic E-state index is -1.15. The quantitative estimate of drug-likeness (QED) is 0.525. The van der Waals surface area contributed by atoms with Crippen LogP contribution in [0.4, 0.5) is 14.5 Å². The number of aliphatic hydroxyl groups is 1. The molecule has 0 radical (unpaired) electrons. The molecule has 0 aliphatic carbocycles. The van der Waals surface area contributed by atoms with Gasteiger partial charge in [-0.1, -0.05) is 23.7 Å². The van der Waals surface area contributed by atoms with Gasteiger partial charge in [-0.25, -0.2) is 13.6 Å². The van der Waals surface area contributed by atoms with Crippen molar-refractivity contribution in [1.82, 2.24) is 5.32 Å². The maximum Gasteiger partial charge on any atom is 0.226 e. The van der Waals surface area contributed by atoms with Crippen LogP contribution in [0.25, 0.3) is 4.85 Å². The Morgan fingerprint density at radius 3 is 2.52 bits per heavy atom. The Labute approximate surface area is 172 Å². The summed E-state index contributed by atoms with van der Waals surface area (Å²) in [4.78, 5) is 28.0. The van der Waals surface area contributed by atoms with Crippen LogP contribution in [0.5, 0.6) is 0 Å². The van der Waals surface area contributed by atoms with Gasteiger partial charge in [0.1, 0.15) is 0 Å². The zero-order chi connectivity index (χ0) is 21.7. The van der Waals surface area contributed by atoms with Crippen molar-refractivity contribution < 1.29 is 23.5 Å². The van der Waals surface area contributed by atoms with E-state index in [4.69, 9.17) is 18.2 Å². The average molecular weight is 421 g/mol. The molecule has 0 aliphatic rings. The van der Waals surface area contributed by atoms with Crippen LogP contribution >= 0.6 is 11.6 Å². The van der Waals surface area contributed by atoms with E-state index in [1.807, 2.05) is 0 Å². The molecule has 0 aliphatic heterocycles. The van der Waals surface area contributed by atoms with Gasteiger partial charge in [0, 0.05) is 5.56 Å². The molecule has 5 nitrogen and oxygen atoms in total. The van der Waals surface area contributed by atoms with E-state index in [1.165, 1.54) is 6.92 Å². The van der Waals surface area contributed by atoms with Crippen molar-refractivity contribution in [2.45, 2.75) is 26.4 Å². The third-order valence-electron chi connectivity index (χ3n) is 4.62. The highest BCUT2D eigenvalue weighted by molar-refractivity contribution is 6.34. The summed E-state index contributed by atoms with van der Waals surface area (Å²) in [7, 11) is 0. The van der Waals surface area contributed by atoms with Crippen LogP contribution in [0.1, 0.15) is 28.4 Å². The normalized spacial score (nSPS) is 12.7. The predicted octanol–water partition coefficient (Wildman–Crippen LogP) is 4.02. The molecule has 0 heterocycles. The van der Waals surface area contributed by atoms with Crippen molar-refractivity contribution in [3.63, 3.8) is 0 Å². The van der Waals surface area contributed by atoms with Gasteiger partial charge in [0.25, 0.3) is 0 Å². The summed E-state index contributed by atoms with van der Waals surface area (Å²) < 4.78 is 26.2. The molecule has 2 aromatic carbocycles. The topological polar surface area (TPSA) is 70.8 Å². The number of hydrogen-bond acceptors (Lipinski definition) is 3. The molecule has 0 unspecified atom stereocenters. The van der Waals surface area contributed by atoms with Crippen molar-refractivity contribution in [2.75, 3.05) is 6.54 Å². The molecule has 2 aromatic rings. The second kappa shape index (κ2) is 9.59. The van der Waals surface area contributed by atoms with Crippen LogP contribution in [-0.4, -0.2) is 29.4 Å². The number of ketones is 1. The first-order valence-corrected chi connectivity index (χ1v) is 9.13. The molecule has 152 valence electrons. The average Bonchev–Trinajstić information content (AvgIpc) is 2.68. The van der Waals surface area contributed by atoms with Crippen molar-refractivity contribution in [2.24, 2.45) is 5.92 Å². The summed E-state index contributed by atoms with van der Waals surface area (Å²) in [5, 5.41) is 12.8. The summed E-state index contributed by atoms with van der Waals surface area (Å²) in [6.07, 6.45) is -0.876. The van der Waals surface area contributed by atoms with Crippen LogP contribution in [0, 0.1) is 31.0 Å². The Bertz CT molecular complexity index is 987. The highest BCUT2D eigenvalue weighted by Gasteiger charge is 2.26. The lowest BCUT2D eigenvalue weighted by Gasteiger charge is -2.21. The first-order chi connectivity index (χ1) is 13.6. The van der Waals surface area contributed by atoms with Gasteiger partial charge in [0.05, 0.1) is 30.2 Å². The largest absolute Gasteiger partial charge is 0.393 e. The molecule has 0 fully saturated rings. The van der Waals surface area contributed by atoms with E-state index < -0.39 is 41.9 Å². The molecule has 0 bridgehead atoms. The van der Waals surface area contributed by atoms with Gasteiger partial charge in [0.2, 0.25) is 11.6 Å². The zero-order valence-corrected chi connectivity index (χ0v) is 16.6. The van der Waals surface area contributed by atoms with E-state index in [2.05, 4.69) is 10.2 Å². The lowest BCUT2D eigenvalue weighted by Crippen LogP contribution is -2.40. The molecule has 0 saturated carbocycles. The molecule has 2 atom stereocenters. The van der Waals surface area contributed by atoms with Crippen molar-refractivity contribution in [1.29, 1.82) is 0 Å². The minimum Gasteiger partial charge on any atom is -0.393 e. The third-order valence-corrected chi connectivity index (χ3v) is 5.10. The molecule has 29 heavy (non-hydrogen) atoms. The standard InChI is InChI=1S/C21H19ClF2N2O3/c1-11-13(5-7-18(25-3)20(11)22)8-15(12(2)27)21(29)26-10-19(28)14-4-6-16(23)17(24)9-14/h4-7,9,12,15,27H,8,10H2,1-2H3,(H,26,29)/t12-,15-/m1/s1. The Kier molecular flexibility index (Phi) is 7.43. The first kappa shape index (κ1) is 22.5. The summed E-state index contributed by atoms with van der Waals surface area (Å²) in [6.45, 7) is 9.82. The number of aliphatic hydroxyl groups excluding tert-OH is 1. The zero-order valence-electron chi connectivity index (χ0n) is 15.8. The van der Waals surface area contributed by atoms with Gasteiger partial charge in [-0.05, 0) is 49.6 Å². The van der Waals surface area contributed by atoms with Gasteiger partial charge in [-0.15, -0.1) is 0 Å². The summed E-state index contributed by atoms with van der Waals surface area (Å²) in [5.74, 6) is -4.26. The Morgan fingerprint density at radius 1 is 1.24 bits per heavy atom. The molecular weight excluding hydrogens is 402 g/mol. The van der Waals surface area contributed by atoms with Crippen LogP contribution in [0.2, 0.25) is 5.02 Å².